The average molecular weight is 284 g/mol. The first kappa shape index (κ1) is 16.6. The summed E-state index contributed by atoms with van der Waals surface area (Å²) in [5.74, 6) is -2.10. The molecule has 1 amide bonds. The molecule has 0 bridgehead atoms. The van der Waals surface area contributed by atoms with Crippen LogP contribution in [0.25, 0.3) is 0 Å². The molecule has 0 aliphatic heterocycles. The molecule has 3 nitrogen and oxygen atoms in total. The van der Waals surface area contributed by atoms with Gasteiger partial charge < -0.3 is 11.1 Å². The van der Waals surface area contributed by atoms with E-state index in [1.165, 1.54) is 13.0 Å². The third-order valence-electron chi connectivity index (χ3n) is 2.89. The van der Waals surface area contributed by atoms with Crippen LogP contribution in [-0.4, -0.2) is 18.5 Å². The van der Waals surface area contributed by atoms with E-state index in [0.29, 0.717) is 0 Å². The largest absolute Gasteiger partial charge is 0.350 e. The Morgan fingerprint density at radius 2 is 1.90 bits per heavy atom. The maximum atomic E-state index is 13.5. The van der Waals surface area contributed by atoms with Gasteiger partial charge >= 0.3 is 0 Å². The molecule has 3 N–H and O–H groups in total. The lowest BCUT2D eigenvalue weighted by Gasteiger charge is -2.23. The molecule has 1 aromatic rings. The molecular weight excluding hydrogens is 262 g/mol. The first-order valence-corrected chi connectivity index (χ1v) is 6.59. The summed E-state index contributed by atoms with van der Waals surface area (Å²) in [6.45, 7) is 7.90. The van der Waals surface area contributed by atoms with Crippen LogP contribution in [-0.2, 0) is 0 Å². The summed E-state index contributed by atoms with van der Waals surface area (Å²) in [7, 11) is 0. The van der Waals surface area contributed by atoms with Crippen molar-refractivity contribution in [1.29, 1.82) is 0 Å². The number of benzene rings is 1. The van der Waals surface area contributed by atoms with Crippen LogP contribution in [0.15, 0.2) is 12.1 Å². The molecule has 1 unspecified atom stereocenters. The Hall–Kier alpha value is -1.49. The predicted molar refractivity (Wildman–Crippen MR) is 75.5 cm³/mol. The van der Waals surface area contributed by atoms with E-state index in [2.05, 4.69) is 26.1 Å². The van der Waals surface area contributed by atoms with Gasteiger partial charge in [-0.05, 0) is 30.4 Å². The summed E-state index contributed by atoms with van der Waals surface area (Å²) in [5, 5.41) is 2.58. The fourth-order valence-electron chi connectivity index (χ4n) is 2.01. The van der Waals surface area contributed by atoms with Crippen molar-refractivity contribution in [1.82, 2.24) is 5.32 Å². The lowest BCUT2D eigenvalue weighted by molar-refractivity contribution is 0.0944. The second-order valence-electron chi connectivity index (χ2n) is 6.32. The Bertz CT molecular complexity index is 495. The maximum Gasteiger partial charge on any atom is 0.254 e. The summed E-state index contributed by atoms with van der Waals surface area (Å²) in [6, 6.07) is 1.72. The van der Waals surface area contributed by atoms with Crippen molar-refractivity contribution in [2.24, 2.45) is 11.1 Å². The van der Waals surface area contributed by atoms with E-state index < -0.39 is 17.5 Å². The molecule has 112 valence electrons. The van der Waals surface area contributed by atoms with Gasteiger partial charge in [0.2, 0.25) is 0 Å². The summed E-state index contributed by atoms with van der Waals surface area (Å²) in [5.41, 5.74) is 6.04. The van der Waals surface area contributed by atoms with Crippen molar-refractivity contribution in [3.8, 4) is 0 Å². The molecule has 0 saturated carbocycles. The first-order valence-electron chi connectivity index (χ1n) is 6.59. The quantitative estimate of drug-likeness (QED) is 0.893. The molecule has 0 saturated heterocycles. The number of hydrogen-bond donors (Lipinski definition) is 2. The molecular formula is C15H22F2N2O. The van der Waals surface area contributed by atoms with Gasteiger partial charge in [0.15, 0.2) is 0 Å². The van der Waals surface area contributed by atoms with E-state index >= 15 is 0 Å². The van der Waals surface area contributed by atoms with Crippen LogP contribution in [0.4, 0.5) is 8.78 Å². The molecule has 5 heteroatoms. The third-order valence-corrected chi connectivity index (χ3v) is 2.89. The minimum Gasteiger partial charge on any atom is -0.350 e. The number of carbonyl (C=O) groups excluding carboxylic acids is 1. The van der Waals surface area contributed by atoms with Crippen molar-refractivity contribution in [2.45, 2.75) is 40.2 Å². The number of rotatable bonds is 4. The lowest BCUT2D eigenvalue weighted by Crippen LogP contribution is -2.39. The molecule has 20 heavy (non-hydrogen) atoms. The molecule has 0 spiro atoms. The third kappa shape index (κ3) is 4.89. The van der Waals surface area contributed by atoms with Gasteiger partial charge in [-0.3, -0.25) is 4.79 Å². The molecule has 0 aliphatic carbocycles. The number of nitrogens with two attached hydrogens (primary N) is 1. The SMILES string of the molecule is Cc1cc(C(=O)NCC(N)CC(C)(C)C)c(F)cc1F. The first-order chi connectivity index (χ1) is 9.10. The van der Waals surface area contributed by atoms with E-state index in [-0.39, 0.29) is 29.1 Å². The zero-order valence-electron chi connectivity index (χ0n) is 12.4. The summed E-state index contributed by atoms with van der Waals surface area (Å²) >= 11 is 0. The minimum atomic E-state index is -0.866. The van der Waals surface area contributed by atoms with Crippen molar-refractivity contribution in [3.05, 3.63) is 34.9 Å². The number of halogens is 2. The van der Waals surface area contributed by atoms with Crippen LogP contribution in [0.3, 0.4) is 0 Å². The molecule has 0 aromatic heterocycles. The lowest BCUT2D eigenvalue weighted by atomic mass is 9.88. The summed E-state index contributed by atoms with van der Waals surface area (Å²) < 4.78 is 26.7. The molecule has 0 heterocycles. The van der Waals surface area contributed by atoms with Crippen molar-refractivity contribution in [3.63, 3.8) is 0 Å². The Morgan fingerprint density at radius 3 is 2.45 bits per heavy atom. The zero-order valence-corrected chi connectivity index (χ0v) is 12.4. The van der Waals surface area contributed by atoms with Crippen LogP contribution >= 0.6 is 0 Å². The van der Waals surface area contributed by atoms with Crippen molar-refractivity contribution >= 4 is 5.91 Å². The highest BCUT2D eigenvalue weighted by molar-refractivity contribution is 5.94. The molecule has 1 atom stereocenters. The van der Waals surface area contributed by atoms with Gasteiger partial charge in [0.1, 0.15) is 11.6 Å². The number of carbonyl (C=O) groups is 1. The number of nitrogens with one attached hydrogen (secondary N) is 1. The van der Waals surface area contributed by atoms with E-state index in [0.717, 1.165) is 12.5 Å². The standard InChI is InChI=1S/C15H22F2N2O/c1-9-5-11(13(17)6-12(9)16)14(20)19-8-10(18)7-15(2,3)4/h5-6,10H,7-8,18H2,1-4H3,(H,19,20). The second kappa shape index (κ2) is 6.31. The highest BCUT2D eigenvalue weighted by Gasteiger charge is 2.18. The molecule has 1 aromatic carbocycles. The Labute approximate surface area is 118 Å². The molecule has 1 rings (SSSR count). The Balaban J connectivity index is 2.66. The van der Waals surface area contributed by atoms with Crippen LogP contribution in [0.1, 0.15) is 43.1 Å². The number of hydrogen-bond acceptors (Lipinski definition) is 2. The number of amides is 1. The fourth-order valence-corrected chi connectivity index (χ4v) is 2.01. The second-order valence-corrected chi connectivity index (χ2v) is 6.32. The predicted octanol–water partition coefficient (Wildman–Crippen LogP) is 2.77. The number of aryl methyl sites for hydroxylation is 1. The highest BCUT2D eigenvalue weighted by atomic mass is 19.1. The van der Waals surface area contributed by atoms with Gasteiger partial charge in [-0.2, -0.15) is 0 Å². The van der Waals surface area contributed by atoms with Crippen LogP contribution < -0.4 is 11.1 Å². The topological polar surface area (TPSA) is 55.1 Å². The molecule has 0 fully saturated rings. The van der Waals surface area contributed by atoms with Gasteiger partial charge in [-0.15, -0.1) is 0 Å². The smallest absolute Gasteiger partial charge is 0.254 e. The van der Waals surface area contributed by atoms with E-state index in [1.807, 2.05) is 0 Å². The van der Waals surface area contributed by atoms with Crippen LogP contribution in [0.2, 0.25) is 0 Å². The zero-order chi connectivity index (χ0) is 15.5. The van der Waals surface area contributed by atoms with E-state index in [4.69, 9.17) is 5.73 Å². The maximum absolute atomic E-state index is 13.5. The normalized spacial score (nSPS) is 13.2. The Morgan fingerprint density at radius 1 is 1.30 bits per heavy atom. The fraction of sp³-hybridized carbons (Fsp3) is 0.533. The van der Waals surface area contributed by atoms with Gasteiger partial charge in [0.05, 0.1) is 5.56 Å². The van der Waals surface area contributed by atoms with E-state index in [1.54, 1.807) is 0 Å². The van der Waals surface area contributed by atoms with Crippen molar-refractivity contribution < 1.29 is 13.6 Å². The molecule has 0 aliphatic rings. The minimum absolute atomic E-state index is 0.0574. The van der Waals surface area contributed by atoms with Gasteiger partial charge in [-0.25, -0.2) is 8.78 Å². The highest BCUT2D eigenvalue weighted by Crippen LogP contribution is 2.19. The Kier molecular flexibility index (Phi) is 5.22. The van der Waals surface area contributed by atoms with Gasteiger partial charge in [-0.1, -0.05) is 20.8 Å². The van der Waals surface area contributed by atoms with Gasteiger partial charge in [0.25, 0.3) is 5.91 Å². The van der Waals surface area contributed by atoms with Crippen LogP contribution in [0, 0.1) is 24.0 Å². The summed E-state index contributed by atoms with van der Waals surface area (Å²) in [6.07, 6.45) is 0.734. The van der Waals surface area contributed by atoms with Crippen LogP contribution in [0.5, 0.6) is 0 Å². The average Bonchev–Trinajstić information content (AvgIpc) is 2.28. The van der Waals surface area contributed by atoms with E-state index in [9.17, 15) is 13.6 Å². The monoisotopic (exact) mass is 284 g/mol. The summed E-state index contributed by atoms with van der Waals surface area (Å²) in [4.78, 5) is 11.9. The van der Waals surface area contributed by atoms with Crippen molar-refractivity contribution in [2.75, 3.05) is 6.54 Å². The molecule has 0 radical (unpaired) electrons. The van der Waals surface area contributed by atoms with Gasteiger partial charge in [0, 0.05) is 18.7 Å².